The van der Waals surface area contributed by atoms with Gasteiger partial charge in [-0.25, -0.2) is 0 Å². The summed E-state index contributed by atoms with van der Waals surface area (Å²) in [6, 6.07) is 29.7. The summed E-state index contributed by atoms with van der Waals surface area (Å²) in [5, 5.41) is 7.08. The lowest BCUT2D eigenvalue weighted by Gasteiger charge is -2.14. The van der Waals surface area contributed by atoms with Gasteiger partial charge in [-0.2, -0.15) is 0 Å². The number of rotatable bonds is 3. The summed E-state index contributed by atoms with van der Waals surface area (Å²) in [7, 11) is 0. The van der Waals surface area contributed by atoms with Crippen LogP contribution in [-0.4, -0.2) is 5.91 Å². The van der Waals surface area contributed by atoms with Gasteiger partial charge < -0.3 is 5.32 Å². The van der Waals surface area contributed by atoms with Crippen molar-refractivity contribution in [2.75, 3.05) is 5.32 Å². The van der Waals surface area contributed by atoms with Crippen LogP contribution in [0.25, 0.3) is 31.3 Å². The number of fused-ring (bicyclic) bond motifs is 2. The highest BCUT2D eigenvalue weighted by Gasteiger charge is 2.15. The Morgan fingerprint density at radius 1 is 0.793 bits per heavy atom. The van der Waals surface area contributed by atoms with Crippen LogP contribution in [0.1, 0.15) is 10.4 Å². The van der Waals surface area contributed by atoms with E-state index in [0.717, 1.165) is 26.9 Å². The first-order valence-electron chi connectivity index (χ1n) is 9.27. The van der Waals surface area contributed by atoms with E-state index in [9.17, 15) is 4.79 Å². The molecule has 0 spiro atoms. The third-order valence-electron chi connectivity index (χ3n) is 4.96. The van der Waals surface area contributed by atoms with Gasteiger partial charge in [-0.1, -0.05) is 66.2 Å². The van der Waals surface area contributed by atoms with Crippen molar-refractivity contribution in [3.63, 3.8) is 0 Å². The number of halogens is 1. The van der Waals surface area contributed by atoms with Crippen LogP contribution in [0.15, 0.2) is 91.0 Å². The Balaban J connectivity index is 1.66. The molecule has 0 saturated heterocycles. The van der Waals surface area contributed by atoms with Crippen LogP contribution >= 0.6 is 22.9 Å². The Kier molecular flexibility index (Phi) is 4.55. The standard InChI is InChI=1S/C25H16ClNOS/c26-19-12-9-17(10-13-19)25(28)27-24-20-7-3-1-5-16(20)11-14-21(24)23-15-18-6-2-4-8-22(18)29-23/h1-15H,(H,27,28). The van der Waals surface area contributed by atoms with Crippen molar-refractivity contribution < 1.29 is 4.79 Å². The molecule has 0 bridgehead atoms. The molecule has 29 heavy (non-hydrogen) atoms. The summed E-state index contributed by atoms with van der Waals surface area (Å²) < 4.78 is 1.23. The van der Waals surface area contributed by atoms with Crippen LogP contribution in [0, 0.1) is 0 Å². The summed E-state index contributed by atoms with van der Waals surface area (Å²) in [6.45, 7) is 0. The molecule has 0 saturated carbocycles. The Morgan fingerprint density at radius 3 is 2.31 bits per heavy atom. The van der Waals surface area contributed by atoms with Crippen LogP contribution in [0.5, 0.6) is 0 Å². The molecule has 0 unspecified atom stereocenters. The molecule has 140 valence electrons. The minimum absolute atomic E-state index is 0.152. The highest BCUT2D eigenvalue weighted by atomic mass is 35.5. The Morgan fingerprint density at radius 2 is 1.52 bits per heavy atom. The highest BCUT2D eigenvalue weighted by Crippen LogP contribution is 2.40. The largest absolute Gasteiger partial charge is 0.321 e. The molecule has 4 aromatic carbocycles. The molecule has 4 heteroatoms. The van der Waals surface area contributed by atoms with E-state index in [-0.39, 0.29) is 5.91 Å². The van der Waals surface area contributed by atoms with Gasteiger partial charge >= 0.3 is 0 Å². The molecule has 0 aliphatic rings. The average molecular weight is 414 g/mol. The lowest BCUT2D eigenvalue weighted by molar-refractivity contribution is 0.102. The van der Waals surface area contributed by atoms with Crippen molar-refractivity contribution in [2.24, 2.45) is 0 Å². The van der Waals surface area contributed by atoms with Gasteiger partial charge in [0.05, 0.1) is 5.69 Å². The number of benzene rings is 4. The topological polar surface area (TPSA) is 29.1 Å². The van der Waals surface area contributed by atoms with E-state index < -0.39 is 0 Å². The Hall–Kier alpha value is -3.14. The first-order chi connectivity index (χ1) is 14.2. The van der Waals surface area contributed by atoms with E-state index in [1.165, 1.54) is 10.1 Å². The predicted molar refractivity (Wildman–Crippen MR) is 124 cm³/mol. The van der Waals surface area contributed by atoms with E-state index in [1.54, 1.807) is 35.6 Å². The van der Waals surface area contributed by atoms with E-state index in [2.05, 4.69) is 41.7 Å². The number of carbonyl (C=O) groups excluding carboxylic acids is 1. The number of anilines is 1. The molecule has 1 aromatic heterocycles. The average Bonchev–Trinajstić information content (AvgIpc) is 3.18. The van der Waals surface area contributed by atoms with E-state index >= 15 is 0 Å². The van der Waals surface area contributed by atoms with Gasteiger partial charge in [0, 0.05) is 31.1 Å². The smallest absolute Gasteiger partial charge is 0.255 e. The predicted octanol–water partition coefficient (Wildman–Crippen LogP) is 7.63. The van der Waals surface area contributed by atoms with Gasteiger partial charge in [-0.15, -0.1) is 11.3 Å². The molecule has 0 atom stereocenters. The second kappa shape index (κ2) is 7.36. The zero-order chi connectivity index (χ0) is 19.8. The Bertz CT molecular complexity index is 1320. The van der Waals surface area contributed by atoms with Gasteiger partial charge in [-0.05, 0) is 47.2 Å². The highest BCUT2D eigenvalue weighted by molar-refractivity contribution is 7.22. The minimum Gasteiger partial charge on any atom is -0.321 e. The molecule has 1 amide bonds. The van der Waals surface area contributed by atoms with Crippen molar-refractivity contribution in [3.05, 3.63) is 102 Å². The zero-order valence-electron chi connectivity index (χ0n) is 15.4. The van der Waals surface area contributed by atoms with E-state index in [0.29, 0.717) is 10.6 Å². The fraction of sp³-hybridized carbons (Fsp3) is 0. The number of carbonyl (C=O) groups is 1. The number of amides is 1. The summed E-state index contributed by atoms with van der Waals surface area (Å²) in [5.41, 5.74) is 2.42. The van der Waals surface area contributed by atoms with Crippen molar-refractivity contribution in [1.29, 1.82) is 0 Å². The molecule has 0 fully saturated rings. The molecule has 5 aromatic rings. The molecular formula is C25H16ClNOS. The molecule has 0 aliphatic carbocycles. The van der Waals surface area contributed by atoms with Gasteiger partial charge in [0.15, 0.2) is 0 Å². The van der Waals surface area contributed by atoms with Crippen LogP contribution < -0.4 is 5.32 Å². The van der Waals surface area contributed by atoms with Crippen molar-refractivity contribution >= 4 is 55.4 Å². The maximum atomic E-state index is 13.0. The first-order valence-corrected chi connectivity index (χ1v) is 10.5. The summed E-state index contributed by atoms with van der Waals surface area (Å²) in [4.78, 5) is 14.1. The molecule has 1 N–H and O–H groups in total. The second-order valence-electron chi connectivity index (χ2n) is 6.82. The maximum Gasteiger partial charge on any atom is 0.255 e. The fourth-order valence-corrected chi connectivity index (χ4v) is 4.73. The number of thiophene rings is 1. The third-order valence-corrected chi connectivity index (χ3v) is 6.37. The zero-order valence-corrected chi connectivity index (χ0v) is 16.9. The maximum absolute atomic E-state index is 13.0. The van der Waals surface area contributed by atoms with Crippen molar-refractivity contribution in [1.82, 2.24) is 0 Å². The molecule has 5 rings (SSSR count). The summed E-state index contributed by atoms with van der Waals surface area (Å²) in [5.74, 6) is -0.152. The van der Waals surface area contributed by atoms with E-state index in [4.69, 9.17) is 11.6 Å². The lowest BCUT2D eigenvalue weighted by Crippen LogP contribution is -2.12. The molecule has 1 heterocycles. The normalized spacial score (nSPS) is 11.1. The van der Waals surface area contributed by atoms with Crippen LogP contribution in [0.2, 0.25) is 5.02 Å². The number of hydrogen-bond acceptors (Lipinski definition) is 2. The minimum atomic E-state index is -0.152. The second-order valence-corrected chi connectivity index (χ2v) is 8.34. The van der Waals surface area contributed by atoms with Crippen molar-refractivity contribution in [2.45, 2.75) is 0 Å². The van der Waals surface area contributed by atoms with Crippen LogP contribution in [-0.2, 0) is 0 Å². The van der Waals surface area contributed by atoms with Gasteiger partial charge in [0.2, 0.25) is 0 Å². The van der Waals surface area contributed by atoms with Gasteiger partial charge in [0.1, 0.15) is 0 Å². The quantitative estimate of drug-likeness (QED) is 0.323. The Labute approximate surface area is 177 Å². The molecular weight excluding hydrogens is 398 g/mol. The number of nitrogens with one attached hydrogen (secondary N) is 1. The van der Waals surface area contributed by atoms with Gasteiger partial charge in [-0.3, -0.25) is 4.79 Å². The first kappa shape index (κ1) is 17.9. The lowest BCUT2D eigenvalue weighted by atomic mass is 10.0. The van der Waals surface area contributed by atoms with Crippen LogP contribution in [0.3, 0.4) is 0 Å². The monoisotopic (exact) mass is 413 g/mol. The summed E-state index contributed by atoms with van der Waals surface area (Å²) >= 11 is 7.70. The van der Waals surface area contributed by atoms with E-state index in [1.807, 2.05) is 30.3 Å². The van der Waals surface area contributed by atoms with Crippen molar-refractivity contribution in [3.8, 4) is 10.4 Å². The molecule has 2 nitrogen and oxygen atoms in total. The van der Waals surface area contributed by atoms with Gasteiger partial charge in [0.25, 0.3) is 5.91 Å². The third kappa shape index (κ3) is 3.39. The van der Waals surface area contributed by atoms with Crippen LogP contribution in [0.4, 0.5) is 5.69 Å². The fourth-order valence-electron chi connectivity index (χ4n) is 3.51. The number of hydrogen-bond donors (Lipinski definition) is 1. The molecule has 0 radical (unpaired) electrons. The molecule has 0 aliphatic heterocycles. The summed E-state index contributed by atoms with van der Waals surface area (Å²) in [6.07, 6.45) is 0. The SMILES string of the molecule is O=C(Nc1c(-c2cc3ccccc3s2)ccc2ccccc12)c1ccc(Cl)cc1.